The number of nitrogens with one attached hydrogen (secondary N) is 2. The van der Waals surface area contributed by atoms with Crippen molar-refractivity contribution in [3.05, 3.63) is 50.1 Å². The van der Waals surface area contributed by atoms with Crippen molar-refractivity contribution in [2.75, 3.05) is 60.5 Å². The van der Waals surface area contributed by atoms with Crippen molar-refractivity contribution >= 4 is 31.6 Å². The molecule has 0 spiro atoms. The molecule has 2 heterocycles. The zero-order valence-electron chi connectivity index (χ0n) is 62.0. The van der Waals surface area contributed by atoms with Crippen molar-refractivity contribution in [3.8, 4) is 0 Å². The molecule has 11 atom stereocenters. The molecule has 0 aliphatic carbocycles. The first-order chi connectivity index (χ1) is 47.3. The lowest BCUT2D eigenvalue weighted by molar-refractivity contribution is -0.290. The molecule has 0 saturated carbocycles. The molecule has 2 amide bonds. The fourth-order valence-electron chi connectivity index (χ4n) is 12.5. The van der Waals surface area contributed by atoms with Crippen molar-refractivity contribution in [3.63, 3.8) is 0 Å². The number of carbonyl (C=O) groups is 4. The van der Waals surface area contributed by atoms with Crippen LogP contribution in [0.15, 0.2) is 50.1 Å². The van der Waals surface area contributed by atoms with Gasteiger partial charge in [0.1, 0.15) is 49.0 Å². The summed E-state index contributed by atoms with van der Waals surface area (Å²) in [7, 11) is -1.28. The fourth-order valence-corrected chi connectivity index (χ4v) is 13.8. The van der Waals surface area contributed by atoms with E-state index in [0.717, 1.165) is 135 Å². The Bertz CT molecular complexity index is 2070. The first kappa shape index (κ1) is 89.8. The number of allylic oxidation sites excluding steroid dienone is 2. The van der Waals surface area contributed by atoms with Crippen LogP contribution in [0.1, 0.15) is 291 Å². The molecule has 2 aliphatic rings. The maximum absolute atomic E-state index is 14.7. The van der Waals surface area contributed by atoms with E-state index in [1.54, 1.807) is 14.0 Å². The van der Waals surface area contributed by atoms with Crippen LogP contribution in [0.5, 0.6) is 0 Å². The van der Waals surface area contributed by atoms with Crippen LogP contribution in [-0.4, -0.2) is 151 Å². The number of methoxy groups -OCH3 is 2. The summed E-state index contributed by atoms with van der Waals surface area (Å²) in [5.74, 6) is -0.957. The van der Waals surface area contributed by atoms with Gasteiger partial charge in [0.15, 0.2) is 12.4 Å². The molecule has 2 aliphatic heterocycles. The summed E-state index contributed by atoms with van der Waals surface area (Å²) in [6.45, 7) is 21.3. The normalized spacial score (nSPS) is 21.5. The summed E-state index contributed by atoms with van der Waals surface area (Å²) < 4.78 is 90.3. The van der Waals surface area contributed by atoms with E-state index < -0.39 is 81.0 Å². The second kappa shape index (κ2) is 60.3. The number of ether oxygens (including phenoxy) is 9. The molecule has 2 N–H and O–H groups in total. The lowest BCUT2D eigenvalue weighted by Crippen LogP contribution is -2.67. The van der Waals surface area contributed by atoms with Crippen LogP contribution in [0.4, 0.5) is 4.79 Å². The Morgan fingerprint density at radius 1 is 0.495 bits per heavy atom. The molecule has 564 valence electrons. The highest BCUT2D eigenvalue weighted by molar-refractivity contribution is 7.48. The van der Waals surface area contributed by atoms with Gasteiger partial charge in [0.25, 0.3) is 0 Å². The topological polar surface area (TPSA) is 220 Å². The van der Waals surface area contributed by atoms with E-state index in [4.69, 9.17) is 56.2 Å². The van der Waals surface area contributed by atoms with Crippen LogP contribution in [-0.2, 0) is 75.2 Å². The number of phosphoric ester groups is 1. The molecule has 2 fully saturated rings. The Kier molecular flexibility index (Phi) is 55.8. The summed E-state index contributed by atoms with van der Waals surface area (Å²) >= 11 is 0. The molecule has 2 rings (SSSR count). The van der Waals surface area contributed by atoms with Gasteiger partial charge in [-0.1, -0.05) is 244 Å². The Hall–Kier alpha value is -3.33. The molecule has 19 nitrogen and oxygen atoms in total. The lowest BCUT2D eigenvalue weighted by atomic mass is 9.92. The maximum Gasteiger partial charge on any atom is 0.509 e. The van der Waals surface area contributed by atoms with Crippen LogP contribution in [0, 0.1) is 0 Å². The molecule has 20 heteroatoms. The van der Waals surface area contributed by atoms with E-state index >= 15 is 0 Å². The van der Waals surface area contributed by atoms with Gasteiger partial charge >= 0.3 is 14.0 Å². The van der Waals surface area contributed by atoms with E-state index in [1.165, 1.54) is 102 Å². The monoisotopic (exact) mass is 1390 g/mol. The quantitative estimate of drug-likeness (QED) is 0.0190. The van der Waals surface area contributed by atoms with E-state index in [-0.39, 0.29) is 76.9 Å². The van der Waals surface area contributed by atoms with E-state index in [2.05, 4.69) is 70.2 Å². The van der Waals surface area contributed by atoms with Crippen molar-refractivity contribution in [2.24, 2.45) is 0 Å². The highest BCUT2D eigenvalue weighted by Crippen LogP contribution is 2.52. The molecular weight excluding hydrogens is 1260 g/mol. The molecule has 0 bridgehead atoms. The Labute approximate surface area is 588 Å². The molecule has 0 aromatic heterocycles. The first-order valence-electron chi connectivity index (χ1n) is 38.4. The number of amides is 2. The van der Waals surface area contributed by atoms with Crippen LogP contribution in [0.25, 0.3) is 0 Å². The standard InChI is InChI=1S/C77H139N2O17P/c1-11-18-22-26-29-32-33-34-35-36-37-39-41-45-49-53-68(81)78-71-75(88-59-54-65(86-10)52-48-43-25-21-14-4)73(96-97(84,91-56-16-6)92-57-17-7)66(61-85-9)94-76(71)90-62-67-72(95-77(83)89-55-15-5)74(87-58-50-46-42-31-28-24-20-13-3)70(63(8)93-67)79-69(82)60-64(80)51-47-44-40-38-30-27-23-19-12-2/h15-17,32-33,63,65-67,70-76H,5-7,11-14,18-31,34-62H2,1-4,8-10H3,(H,78,81)(H,79,82)/b33-32-/t63-,65-,66-,67-,70+,71-,72-,73-,74-,75-,76-/m1/s1. The smallest absolute Gasteiger partial charge is 0.430 e. The van der Waals surface area contributed by atoms with Gasteiger partial charge in [-0.15, -0.1) is 13.2 Å². The third-order valence-corrected chi connectivity index (χ3v) is 19.5. The van der Waals surface area contributed by atoms with Gasteiger partial charge in [-0.25, -0.2) is 9.36 Å². The minimum Gasteiger partial charge on any atom is -0.430 e. The van der Waals surface area contributed by atoms with E-state index in [1.807, 2.05) is 0 Å². The molecule has 0 aromatic rings. The van der Waals surface area contributed by atoms with Gasteiger partial charge < -0.3 is 53.3 Å². The van der Waals surface area contributed by atoms with E-state index in [0.29, 0.717) is 32.1 Å². The maximum atomic E-state index is 14.7. The van der Waals surface area contributed by atoms with Crippen LogP contribution < -0.4 is 10.6 Å². The van der Waals surface area contributed by atoms with Crippen molar-refractivity contribution in [1.82, 2.24) is 10.6 Å². The van der Waals surface area contributed by atoms with Crippen LogP contribution >= 0.6 is 7.82 Å². The second-order valence-electron chi connectivity index (χ2n) is 26.6. The predicted octanol–water partition coefficient (Wildman–Crippen LogP) is 18.3. The molecule has 0 aromatic carbocycles. The molecule has 0 unspecified atom stereocenters. The van der Waals surface area contributed by atoms with Gasteiger partial charge in [-0.3, -0.25) is 28.0 Å². The van der Waals surface area contributed by atoms with Crippen molar-refractivity contribution in [2.45, 2.75) is 359 Å². The molecular formula is C77H139N2O17P. The Balaban J connectivity index is 2.65. The number of unbranched alkanes of at least 4 members (excludes halogenated alkanes) is 30. The number of ketones is 1. The molecule has 0 radical (unpaired) electrons. The lowest BCUT2D eigenvalue weighted by Gasteiger charge is -2.48. The molecule has 2 saturated heterocycles. The molecule has 97 heavy (non-hydrogen) atoms. The summed E-state index contributed by atoms with van der Waals surface area (Å²) in [4.78, 5) is 55.7. The average Bonchev–Trinajstić information content (AvgIpc) is 0.787. The highest BCUT2D eigenvalue weighted by Gasteiger charge is 2.54. The van der Waals surface area contributed by atoms with Gasteiger partial charge in [0.2, 0.25) is 11.8 Å². The minimum atomic E-state index is -4.46. The minimum absolute atomic E-state index is 0.124. The van der Waals surface area contributed by atoms with Crippen molar-refractivity contribution in [1.29, 1.82) is 0 Å². The van der Waals surface area contributed by atoms with Crippen LogP contribution in [0.3, 0.4) is 0 Å². The number of hydrogen-bond acceptors (Lipinski definition) is 17. The highest BCUT2D eigenvalue weighted by atomic mass is 31.2. The van der Waals surface area contributed by atoms with Gasteiger partial charge in [0.05, 0.1) is 51.1 Å². The Morgan fingerprint density at radius 3 is 1.52 bits per heavy atom. The summed E-state index contributed by atoms with van der Waals surface area (Å²) in [5, 5.41) is 6.27. The fraction of sp³-hybridized carbons (Fsp3) is 0.844. The summed E-state index contributed by atoms with van der Waals surface area (Å²) in [5.41, 5.74) is 0. The number of phosphoric acid groups is 1. The number of Topliss-reactive ketones (excluding diaryl/α,β-unsaturated/α-hetero) is 1. The summed E-state index contributed by atoms with van der Waals surface area (Å²) in [6, 6.07) is -2.03. The predicted molar refractivity (Wildman–Crippen MR) is 388 cm³/mol. The SMILES string of the molecule is C=CCOC(=O)O[C@H]1[C@H](OCCCCCCCCCC)[C@@H](NC(=O)CC(=O)CCCCCCCCCCC)[C@@H](C)O[C@@H]1CO[C@@H]1O[C@H](COC)[C@@H](OP(=O)(OCC=C)OCC=C)[C@H](OCC[C@@H](CCCCCCC)OC)[C@H]1NC(=O)CCCCCCCCC/C=C\CCCCCC. The Morgan fingerprint density at radius 2 is 0.969 bits per heavy atom. The van der Waals surface area contributed by atoms with Crippen molar-refractivity contribution < 1.29 is 79.9 Å². The first-order valence-corrected chi connectivity index (χ1v) is 39.9. The van der Waals surface area contributed by atoms with Crippen LogP contribution in [0.2, 0.25) is 0 Å². The van der Waals surface area contributed by atoms with E-state index in [9.17, 15) is 23.7 Å². The third kappa shape index (κ3) is 42.6. The van der Waals surface area contributed by atoms with Gasteiger partial charge in [0, 0.05) is 40.3 Å². The second-order valence-corrected chi connectivity index (χ2v) is 28.3. The number of hydrogen-bond donors (Lipinski definition) is 2. The average molecular weight is 1400 g/mol. The summed E-state index contributed by atoms with van der Waals surface area (Å²) in [6.07, 6.45) is 38.4. The van der Waals surface area contributed by atoms with Gasteiger partial charge in [-0.05, 0) is 64.7 Å². The third-order valence-electron chi connectivity index (χ3n) is 18.1. The zero-order chi connectivity index (χ0) is 70.8. The van der Waals surface area contributed by atoms with Gasteiger partial charge in [-0.2, -0.15) is 0 Å². The zero-order valence-corrected chi connectivity index (χ0v) is 62.9. The number of carbonyl (C=O) groups excluding carboxylic acids is 4. The largest absolute Gasteiger partial charge is 0.509 e. The number of rotatable bonds is 66.